The molecule has 2 atom stereocenters. The van der Waals surface area contributed by atoms with Crippen LogP contribution in [0.5, 0.6) is 11.5 Å². The van der Waals surface area contributed by atoms with E-state index in [0.29, 0.717) is 18.9 Å². The fraction of sp³-hybridized carbons (Fsp3) is 0.480. The predicted molar refractivity (Wildman–Crippen MR) is 120 cm³/mol. The van der Waals surface area contributed by atoms with Crippen LogP contribution in [-0.2, 0) is 11.3 Å². The van der Waals surface area contributed by atoms with Gasteiger partial charge in [-0.05, 0) is 62.2 Å². The molecule has 1 amide bonds. The first kappa shape index (κ1) is 23.1. The second kappa shape index (κ2) is 11.1. The largest absolute Gasteiger partial charge is 0.494 e. The van der Waals surface area contributed by atoms with Gasteiger partial charge in [-0.15, -0.1) is 0 Å². The van der Waals surface area contributed by atoms with Crippen LogP contribution in [0.25, 0.3) is 0 Å². The molecule has 1 aliphatic heterocycles. The van der Waals surface area contributed by atoms with Gasteiger partial charge in [0, 0.05) is 31.7 Å². The molecule has 2 aromatic rings. The van der Waals surface area contributed by atoms with Crippen LogP contribution in [-0.4, -0.2) is 54.1 Å². The number of nitrogens with zero attached hydrogens (tertiary/aromatic N) is 2. The van der Waals surface area contributed by atoms with E-state index in [0.717, 1.165) is 37.2 Å². The molecule has 0 spiro atoms. The van der Waals surface area contributed by atoms with Crippen LogP contribution in [0, 0.1) is 5.82 Å². The molecule has 5 nitrogen and oxygen atoms in total. The zero-order chi connectivity index (χ0) is 22.2. The van der Waals surface area contributed by atoms with E-state index in [2.05, 4.69) is 25.7 Å². The molecule has 2 aromatic carbocycles. The van der Waals surface area contributed by atoms with Crippen molar-refractivity contribution in [2.75, 3.05) is 26.3 Å². The van der Waals surface area contributed by atoms with Crippen molar-refractivity contribution in [1.29, 1.82) is 0 Å². The summed E-state index contributed by atoms with van der Waals surface area (Å²) in [6.07, 6.45) is 2.13. The van der Waals surface area contributed by atoms with Crippen molar-refractivity contribution in [3.63, 3.8) is 0 Å². The van der Waals surface area contributed by atoms with Crippen molar-refractivity contribution in [2.24, 2.45) is 0 Å². The summed E-state index contributed by atoms with van der Waals surface area (Å²) in [7, 11) is 0. The molecule has 1 fully saturated rings. The summed E-state index contributed by atoms with van der Waals surface area (Å²) in [5.41, 5.74) is 1.07. The number of rotatable bonds is 9. The van der Waals surface area contributed by atoms with Gasteiger partial charge < -0.3 is 14.4 Å². The Kier molecular flexibility index (Phi) is 8.29. The van der Waals surface area contributed by atoms with Gasteiger partial charge in [0.1, 0.15) is 17.3 Å². The monoisotopic (exact) mass is 428 g/mol. The lowest BCUT2D eigenvalue weighted by atomic mass is 10.1. The molecular weight excluding hydrogens is 395 g/mol. The predicted octanol–water partition coefficient (Wildman–Crippen LogP) is 4.50. The van der Waals surface area contributed by atoms with Crippen LogP contribution in [0.1, 0.15) is 39.2 Å². The number of hydrogen-bond acceptors (Lipinski definition) is 4. The normalized spacial score (nSPS) is 19.3. The van der Waals surface area contributed by atoms with Gasteiger partial charge in [0.25, 0.3) is 5.91 Å². The number of ether oxygens (including phenoxy) is 2. The van der Waals surface area contributed by atoms with Crippen LogP contribution in [0.2, 0.25) is 0 Å². The summed E-state index contributed by atoms with van der Waals surface area (Å²) in [4.78, 5) is 17.0. The van der Waals surface area contributed by atoms with Crippen molar-refractivity contribution in [2.45, 2.75) is 52.2 Å². The average Bonchev–Trinajstić information content (AvgIpc) is 2.77. The molecule has 1 aliphatic rings. The third-order valence-corrected chi connectivity index (χ3v) is 5.69. The second-order valence-corrected chi connectivity index (χ2v) is 8.26. The van der Waals surface area contributed by atoms with E-state index >= 15 is 0 Å². The number of hydrogen-bond donors (Lipinski definition) is 0. The smallest absolute Gasteiger partial charge is 0.260 e. The Morgan fingerprint density at radius 1 is 0.968 bits per heavy atom. The minimum Gasteiger partial charge on any atom is -0.494 e. The van der Waals surface area contributed by atoms with Gasteiger partial charge >= 0.3 is 0 Å². The molecule has 0 saturated carbocycles. The lowest BCUT2D eigenvalue weighted by Gasteiger charge is -2.44. The first-order chi connectivity index (χ1) is 15.0. The van der Waals surface area contributed by atoms with Crippen LogP contribution < -0.4 is 9.47 Å². The van der Waals surface area contributed by atoms with Crippen molar-refractivity contribution >= 4 is 5.91 Å². The highest BCUT2D eigenvalue weighted by Gasteiger charge is 2.32. The summed E-state index contributed by atoms with van der Waals surface area (Å²) in [6.45, 7) is 9.20. The van der Waals surface area contributed by atoms with Crippen molar-refractivity contribution < 1.29 is 18.7 Å². The Bertz CT molecular complexity index is 826. The lowest BCUT2D eigenvalue weighted by Crippen LogP contribution is -2.58. The lowest BCUT2D eigenvalue weighted by molar-refractivity contribution is -0.139. The minimum atomic E-state index is -0.223. The Balaban J connectivity index is 1.48. The highest BCUT2D eigenvalue weighted by Crippen LogP contribution is 2.20. The molecule has 0 unspecified atom stereocenters. The van der Waals surface area contributed by atoms with Gasteiger partial charge in [-0.1, -0.05) is 25.5 Å². The van der Waals surface area contributed by atoms with Crippen LogP contribution in [0.4, 0.5) is 4.39 Å². The first-order valence-electron chi connectivity index (χ1n) is 11.1. The number of halogens is 1. The molecule has 1 saturated heterocycles. The highest BCUT2D eigenvalue weighted by molar-refractivity contribution is 5.78. The molecule has 3 rings (SSSR count). The van der Waals surface area contributed by atoms with Crippen molar-refractivity contribution in [3.8, 4) is 11.5 Å². The fourth-order valence-corrected chi connectivity index (χ4v) is 3.78. The summed E-state index contributed by atoms with van der Waals surface area (Å²) in [6, 6.07) is 14.3. The van der Waals surface area contributed by atoms with Crippen LogP contribution >= 0.6 is 0 Å². The van der Waals surface area contributed by atoms with Gasteiger partial charge in [-0.2, -0.15) is 0 Å². The topological polar surface area (TPSA) is 42.0 Å². The molecule has 1 heterocycles. The molecule has 0 N–H and O–H groups in total. The van der Waals surface area contributed by atoms with Gasteiger partial charge in [0.15, 0.2) is 6.61 Å². The summed E-state index contributed by atoms with van der Waals surface area (Å²) in [5, 5.41) is 0. The zero-order valence-electron chi connectivity index (χ0n) is 18.7. The Morgan fingerprint density at radius 3 is 2.26 bits per heavy atom. The molecule has 168 valence electrons. The quantitative estimate of drug-likeness (QED) is 0.552. The molecule has 0 aromatic heterocycles. The SMILES string of the molecule is CCCCOc1ccc(OCC(=O)N2C[C@H](C)N(Cc3ccc(F)cc3)C[C@H]2C)cc1. The summed E-state index contributed by atoms with van der Waals surface area (Å²) in [5.74, 6) is 1.24. The van der Waals surface area contributed by atoms with E-state index in [1.54, 1.807) is 0 Å². The van der Waals surface area contributed by atoms with Crippen LogP contribution in [0.3, 0.4) is 0 Å². The van der Waals surface area contributed by atoms with Crippen molar-refractivity contribution in [1.82, 2.24) is 9.80 Å². The van der Waals surface area contributed by atoms with E-state index in [1.807, 2.05) is 41.3 Å². The van der Waals surface area contributed by atoms with Crippen molar-refractivity contribution in [3.05, 3.63) is 59.9 Å². The van der Waals surface area contributed by atoms with Gasteiger partial charge in [0.05, 0.1) is 6.61 Å². The minimum absolute atomic E-state index is 0.0101. The molecule has 0 radical (unpaired) electrons. The third kappa shape index (κ3) is 6.69. The maximum Gasteiger partial charge on any atom is 0.260 e. The second-order valence-electron chi connectivity index (χ2n) is 8.26. The highest BCUT2D eigenvalue weighted by atomic mass is 19.1. The third-order valence-electron chi connectivity index (χ3n) is 5.69. The molecule has 31 heavy (non-hydrogen) atoms. The van der Waals surface area contributed by atoms with Gasteiger partial charge in [-0.25, -0.2) is 4.39 Å². The first-order valence-corrected chi connectivity index (χ1v) is 11.1. The van der Waals surface area contributed by atoms with E-state index in [-0.39, 0.29) is 30.4 Å². The summed E-state index contributed by atoms with van der Waals surface area (Å²) >= 11 is 0. The van der Waals surface area contributed by atoms with E-state index in [4.69, 9.17) is 9.47 Å². The maximum absolute atomic E-state index is 13.1. The van der Waals surface area contributed by atoms with Crippen LogP contribution in [0.15, 0.2) is 48.5 Å². The molecular formula is C25H33FN2O3. The number of carbonyl (C=O) groups is 1. The Labute approximate surface area is 184 Å². The number of unbranched alkanes of at least 4 members (excludes halogenated alkanes) is 1. The summed E-state index contributed by atoms with van der Waals surface area (Å²) < 4.78 is 24.5. The standard InChI is InChI=1S/C25H33FN2O3/c1-4-5-14-30-23-10-12-24(13-11-23)31-18-25(29)28-16-19(2)27(15-20(28)3)17-21-6-8-22(26)9-7-21/h6-13,19-20H,4-5,14-18H2,1-3H3/t19-,20+/m0/s1. The molecule has 6 heteroatoms. The number of carbonyl (C=O) groups excluding carboxylic acids is 1. The number of benzene rings is 2. The maximum atomic E-state index is 13.1. The fourth-order valence-electron chi connectivity index (χ4n) is 3.78. The molecule has 0 bridgehead atoms. The van der Waals surface area contributed by atoms with Gasteiger partial charge in [0.2, 0.25) is 0 Å². The molecule has 0 aliphatic carbocycles. The zero-order valence-corrected chi connectivity index (χ0v) is 18.7. The number of amides is 1. The Hall–Kier alpha value is -2.60. The number of piperazine rings is 1. The average molecular weight is 429 g/mol. The van der Waals surface area contributed by atoms with E-state index in [1.165, 1.54) is 12.1 Å². The Morgan fingerprint density at radius 2 is 1.61 bits per heavy atom. The van der Waals surface area contributed by atoms with Gasteiger partial charge in [-0.3, -0.25) is 9.69 Å². The van der Waals surface area contributed by atoms with E-state index < -0.39 is 0 Å². The van der Waals surface area contributed by atoms with E-state index in [9.17, 15) is 9.18 Å².